The molecule has 0 fully saturated rings. The molecule has 0 rings (SSSR count). The predicted octanol–water partition coefficient (Wildman–Crippen LogP) is 20.4. The third-order valence-electron chi connectivity index (χ3n) is 16.8. The van der Waals surface area contributed by atoms with Gasteiger partial charge in [0.25, 0.3) is 0 Å². The van der Waals surface area contributed by atoms with Crippen LogP contribution in [0, 0.1) is 11.8 Å². The molecule has 19 heteroatoms. The van der Waals surface area contributed by atoms with Crippen LogP contribution in [0.25, 0.3) is 0 Å². The molecule has 0 aromatic heterocycles. The topological polar surface area (TPSA) is 237 Å². The first-order valence-electron chi connectivity index (χ1n) is 37.0. The number of aliphatic hydroxyl groups is 1. The van der Waals surface area contributed by atoms with Gasteiger partial charge in [0.15, 0.2) is 12.2 Å². The highest BCUT2D eigenvalue weighted by Gasteiger charge is 2.30. The number of aliphatic hydroxyl groups excluding tert-OH is 1. The van der Waals surface area contributed by atoms with Crippen LogP contribution >= 0.6 is 15.6 Å². The van der Waals surface area contributed by atoms with Gasteiger partial charge in [0.2, 0.25) is 0 Å². The summed E-state index contributed by atoms with van der Waals surface area (Å²) < 4.78 is 68.0. The van der Waals surface area contributed by atoms with E-state index in [-0.39, 0.29) is 25.7 Å². The number of rotatable bonds is 70. The molecular formula is C71H138O17P2. The molecular weight excluding hydrogens is 1190 g/mol. The number of phosphoric ester groups is 2. The molecule has 0 amide bonds. The van der Waals surface area contributed by atoms with E-state index >= 15 is 0 Å². The molecule has 0 bridgehead atoms. The van der Waals surface area contributed by atoms with Crippen molar-refractivity contribution < 1.29 is 80.2 Å². The zero-order valence-electron chi connectivity index (χ0n) is 58.4. The number of hydrogen-bond acceptors (Lipinski definition) is 15. The quantitative estimate of drug-likeness (QED) is 0.0222. The van der Waals surface area contributed by atoms with Crippen LogP contribution in [-0.4, -0.2) is 96.7 Å². The fourth-order valence-corrected chi connectivity index (χ4v) is 12.3. The van der Waals surface area contributed by atoms with Gasteiger partial charge in [-0.2, -0.15) is 0 Å². The van der Waals surface area contributed by atoms with Gasteiger partial charge < -0.3 is 33.8 Å². The Balaban J connectivity index is 5.09. The average Bonchev–Trinajstić information content (AvgIpc) is 3.53. The third kappa shape index (κ3) is 63.5. The van der Waals surface area contributed by atoms with E-state index in [9.17, 15) is 43.2 Å². The summed E-state index contributed by atoms with van der Waals surface area (Å²) in [5.41, 5.74) is 0. The lowest BCUT2D eigenvalue weighted by atomic mass is 10.00. The van der Waals surface area contributed by atoms with Gasteiger partial charge >= 0.3 is 39.5 Å². The van der Waals surface area contributed by atoms with E-state index in [2.05, 4.69) is 41.5 Å². The summed E-state index contributed by atoms with van der Waals surface area (Å²) in [7, 11) is -9.89. The van der Waals surface area contributed by atoms with Crippen LogP contribution in [0.4, 0.5) is 0 Å². The van der Waals surface area contributed by atoms with E-state index in [4.69, 9.17) is 37.0 Å². The lowest BCUT2D eigenvalue weighted by Gasteiger charge is -2.21. The lowest BCUT2D eigenvalue weighted by Crippen LogP contribution is -2.30. The summed E-state index contributed by atoms with van der Waals surface area (Å²) in [4.78, 5) is 72.2. The number of unbranched alkanes of at least 4 members (excludes halogenated alkanes) is 39. The Morgan fingerprint density at radius 1 is 0.322 bits per heavy atom. The molecule has 0 radical (unpaired) electrons. The van der Waals surface area contributed by atoms with Gasteiger partial charge in [0.1, 0.15) is 19.3 Å². The second-order valence-electron chi connectivity index (χ2n) is 26.3. The molecule has 0 aliphatic heterocycles. The van der Waals surface area contributed by atoms with Crippen molar-refractivity contribution in [2.24, 2.45) is 11.8 Å². The number of carbonyl (C=O) groups excluding carboxylic acids is 4. The summed E-state index contributed by atoms with van der Waals surface area (Å²) in [6.07, 6.45) is 49.3. The summed E-state index contributed by atoms with van der Waals surface area (Å²) in [5.74, 6) is -0.660. The highest BCUT2D eigenvalue weighted by atomic mass is 31.2. The van der Waals surface area contributed by atoms with Crippen molar-refractivity contribution in [3.8, 4) is 0 Å². The maximum Gasteiger partial charge on any atom is 0.472 e. The smallest absolute Gasteiger partial charge is 0.462 e. The molecule has 0 spiro atoms. The SMILES string of the molecule is CCCCCCCCCCCCCCCCCCCCCCCCC(=O)O[C@H](COC(=O)CCCCCCCCCCCCC(C)C)COP(=O)(O)OC[C@@H](O)COP(=O)(O)OC[C@@H](COC(=O)CCCCCCC)OC(=O)CCCCCCCCC(C)CC. The second-order valence-corrected chi connectivity index (χ2v) is 29.3. The Hall–Kier alpha value is -1.94. The number of carbonyl (C=O) groups is 4. The monoisotopic (exact) mass is 1320 g/mol. The van der Waals surface area contributed by atoms with Crippen molar-refractivity contribution in [3.05, 3.63) is 0 Å². The molecule has 0 aliphatic rings. The van der Waals surface area contributed by atoms with Crippen LogP contribution in [0.1, 0.15) is 363 Å². The van der Waals surface area contributed by atoms with Gasteiger partial charge in [-0.25, -0.2) is 9.13 Å². The molecule has 3 unspecified atom stereocenters. The zero-order chi connectivity index (χ0) is 66.5. The normalized spacial score (nSPS) is 14.4. The van der Waals surface area contributed by atoms with Crippen LogP contribution in [0.5, 0.6) is 0 Å². The predicted molar refractivity (Wildman–Crippen MR) is 363 cm³/mol. The van der Waals surface area contributed by atoms with E-state index in [0.717, 1.165) is 108 Å². The fourth-order valence-electron chi connectivity index (χ4n) is 10.7. The van der Waals surface area contributed by atoms with Crippen LogP contribution in [0.2, 0.25) is 0 Å². The maximum atomic E-state index is 13.0. The second kappa shape index (κ2) is 63.1. The Kier molecular flexibility index (Phi) is 61.8. The summed E-state index contributed by atoms with van der Waals surface area (Å²) >= 11 is 0. The molecule has 0 saturated carbocycles. The lowest BCUT2D eigenvalue weighted by molar-refractivity contribution is -0.161. The average molecular weight is 1330 g/mol. The van der Waals surface area contributed by atoms with E-state index in [0.29, 0.717) is 25.7 Å². The zero-order valence-corrected chi connectivity index (χ0v) is 60.2. The molecule has 0 aromatic carbocycles. The molecule has 0 saturated heterocycles. The van der Waals surface area contributed by atoms with Crippen molar-refractivity contribution in [2.45, 2.75) is 381 Å². The Labute approximate surface area is 549 Å². The molecule has 534 valence electrons. The third-order valence-corrected chi connectivity index (χ3v) is 18.7. The van der Waals surface area contributed by atoms with E-state index in [1.807, 2.05) is 0 Å². The van der Waals surface area contributed by atoms with Crippen molar-refractivity contribution in [2.75, 3.05) is 39.6 Å². The van der Waals surface area contributed by atoms with Crippen LogP contribution in [-0.2, 0) is 65.4 Å². The molecule has 90 heavy (non-hydrogen) atoms. The van der Waals surface area contributed by atoms with Crippen molar-refractivity contribution in [3.63, 3.8) is 0 Å². The van der Waals surface area contributed by atoms with E-state index in [1.54, 1.807) is 0 Å². The molecule has 0 heterocycles. The minimum atomic E-state index is -4.95. The van der Waals surface area contributed by atoms with E-state index < -0.39 is 97.5 Å². The summed E-state index contributed by atoms with van der Waals surface area (Å²) in [6.45, 7) is 9.40. The molecule has 0 aliphatic carbocycles. The van der Waals surface area contributed by atoms with Crippen LogP contribution in [0.3, 0.4) is 0 Å². The number of phosphoric acid groups is 2. The maximum absolute atomic E-state index is 13.0. The minimum absolute atomic E-state index is 0.102. The standard InChI is InChI=1S/C71H138O17P2/c1-7-10-12-14-15-16-17-18-19-20-21-22-23-24-25-26-27-28-33-36-43-49-55-70(75)87-67(60-82-69(74)54-48-42-35-32-30-29-31-34-40-45-51-63(4)5)62-86-90(79,80)84-58-65(72)57-83-89(77,78)85-61-66(59-81-68(73)53-47-39-13-11-8-2)88-71(76)56-50-44-38-37-41-46-52-64(6)9-3/h63-67,72H,7-62H2,1-6H3,(H,77,78)(H,79,80)/t64?,65-,66+,67+/m0/s1. The molecule has 6 atom stereocenters. The molecule has 17 nitrogen and oxygen atoms in total. The largest absolute Gasteiger partial charge is 0.472 e. The fraction of sp³-hybridized carbons (Fsp3) is 0.944. The van der Waals surface area contributed by atoms with Crippen LogP contribution in [0.15, 0.2) is 0 Å². The molecule has 3 N–H and O–H groups in total. The minimum Gasteiger partial charge on any atom is -0.462 e. The van der Waals surface area contributed by atoms with Gasteiger partial charge in [-0.3, -0.25) is 37.3 Å². The Morgan fingerprint density at radius 2 is 0.567 bits per heavy atom. The summed E-state index contributed by atoms with van der Waals surface area (Å²) in [6, 6.07) is 0. The van der Waals surface area contributed by atoms with Crippen molar-refractivity contribution in [1.82, 2.24) is 0 Å². The highest BCUT2D eigenvalue weighted by molar-refractivity contribution is 7.47. The highest BCUT2D eigenvalue weighted by Crippen LogP contribution is 2.45. The van der Waals surface area contributed by atoms with Crippen LogP contribution < -0.4 is 0 Å². The van der Waals surface area contributed by atoms with E-state index in [1.165, 1.54) is 173 Å². The van der Waals surface area contributed by atoms with Gasteiger partial charge in [0, 0.05) is 25.7 Å². The van der Waals surface area contributed by atoms with Crippen molar-refractivity contribution >= 4 is 39.5 Å². The first kappa shape index (κ1) is 88.1. The Morgan fingerprint density at radius 3 is 0.844 bits per heavy atom. The van der Waals surface area contributed by atoms with Crippen molar-refractivity contribution in [1.29, 1.82) is 0 Å². The summed E-state index contributed by atoms with van der Waals surface area (Å²) in [5, 5.41) is 10.6. The number of ether oxygens (including phenoxy) is 4. The van der Waals surface area contributed by atoms with Gasteiger partial charge in [-0.05, 0) is 37.5 Å². The Bertz CT molecular complexity index is 1750. The number of esters is 4. The van der Waals surface area contributed by atoms with Gasteiger partial charge in [-0.1, -0.05) is 311 Å². The number of hydrogen-bond donors (Lipinski definition) is 3. The molecule has 0 aromatic rings. The first-order chi connectivity index (χ1) is 43.4. The first-order valence-corrected chi connectivity index (χ1v) is 40.0. The van der Waals surface area contributed by atoms with Gasteiger partial charge in [-0.15, -0.1) is 0 Å². The van der Waals surface area contributed by atoms with Gasteiger partial charge in [0.05, 0.1) is 26.4 Å².